The molecule has 0 radical (unpaired) electrons. The number of aliphatic hydroxyl groups is 1. The van der Waals surface area contributed by atoms with E-state index in [4.69, 9.17) is 21.1 Å². The van der Waals surface area contributed by atoms with Crippen molar-refractivity contribution in [3.8, 4) is 5.75 Å². The minimum absolute atomic E-state index is 0. The van der Waals surface area contributed by atoms with Crippen LogP contribution < -0.4 is 15.4 Å². The third kappa shape index (κ3) is 7.85. The van der Waals surface area contributed by atoms with Crippen LogP contribution in [0.4, 0.5) is 0 Å². The van der Waals surface area contributed by atoms with Crippen LogP contribution in [0.5, 0.6) is 5.75 Å². The van der Waals surface area contributed by atoms with Crippen molar-refractivity contribution in [1.82, 2.24) is 10.6 Å². The van der Waals surface area contributed by atoms with Crippen molar-refractivity contribution in [3.63, 3.8) is 0 Å². The monoisotopic (exact) mass is 497 g/mol. The standard InChI is InChI=1S/C18H28ClN3O3.HI/c1-2-20-17(22-13-18(6-9-23)7-10-24-14-18)21-8-11-25-16-5-3-4-15(19)12-16;/h3-5,12,23H,2,6-11,13-14H2,1H3,(H2,20,21,22);1H. The highest BCUT2D eigenvalue weighted by atomic mass is 127. The van der Waals surface area contributed by atoms with Crippen LogP contribution in [-0.4, -0.2) is 57.1 Å². The van der Waals surface area contributed by atoms with E-state index in [-0.39, 0.29) is 36.0 Å². The molecule has 1 saturated heterocycles. The SMILES string of the molecule is CCNC(=NCC1(CCO)CCOC1)NCCOc1cccc(Cl)c1.I. The first-order valence-corrected chi connectivity index (χ1v) is 9.14. The summed E-state index contributed by atoms with van der Waals surface area (Å²) in [5.74, 6) is 1.50. The van der Waals surface area contributed by atoms with Crippen molar-refractivity contribution < 1.29 is 14.6 Å². The summed E-state index contributed by atoms with van der Waals surface area (Å²) in [6, 6.07) is 7.35. The normalized spacial score (nSPS) is 19.7. The maximum atomic E-state index is 9.30. The van der Waals surface area contributed by atoms with Gasteiger partial charge in [0.25, 0.3) is 0 Å². The largest absolute Gasteiger partial charge is 0.492 e. The summed E-state index contributed by atoms with van der Waals surface area (Å²) in [5.41, 5.74) is -0.0472. The van der Waals surface area contributed by atoms with Crippen molar-refractivity contribution in [2.45, 2.75) is 19.8 Å². The van der Waals surface area contributed by atoms with Crippen LogP contribution in [-0.2, 0) is 4.74 Å². The van der Waals surface area contributed by atoms with Crippen molar-refractivity contribution in [3.05, 3.63) is 29.3 Å². The molecule has 1 aromatic carbocycles. The van der Waals surface area contributed by atoms with E-state index in [1.807, 2.05) is 25.1 Å². The van der Waals surface area contributed by atoms with Gasteiger partial charge in [-0.05, 0) is 38.0 Å². The molecule has 0 bridgehead atoms. The second-order valence-corrected chi connectivity index (χ2v) is 6.64. The second kappa shape index (κ2) is 12.6. The van der Waals surface area contributed by atoms with Crippen molar-refractivity contribution in [2.24, 2.45) is 10.4 Å². The number of aliphatic imine (C=N–C) groups is 1. The molecular weight excluding hydrogens is 469 g/mol. The quantitative estimate of drug-likeness (QED) is 0.212. The van der Waals surface area contributed by atoms with E-state index in [1.165, 1.54) is 0 Å². The molecule has 1 aliphatic heterocycles. The number of hydrogen-bond acceptors (Lipinski definition) is 4. The number of guanidine groups is 1. The summed E-state index contributed by atoms with van der Waals surface area (Å²) < 4.78 is 11.2. The molecule has 1 aliphatic rings. The van der Waals surface area contributed by atoms with Gasteiger partial charge < -0.3 is 25.2 Å². The molecule has 0 aliphatic carbocycles. The molecule has 1 fully saturated rings. The minimum Gasteiger partial charge on any atom is -0.492 e. The number of rotatable bonds is 9. The Balaban J connectivity index is 0.00000338. The zero-order valence-electron chi connectivity index (χ0n) is 15.2. The van der Waals surface area contributed by atoms with Crippen molar-refractivity contribution >= 4 is 41.5 Å². The van der Waals surface area contributed by atoms with Crippen LogP contribution in [0.1, 0.15) is 19.8 Å². The van der Waals surface area contributed by atoms with Gasteiger partial charge in [0, 0.05) is 30.2 Å². The van der Waals surface area contributed by atoms with Crippen molar-refractivity contribution in [2.75, 3.05) is 46.1 Å². The summed E-state index contributed by atoms with van der Waals surface area (Å²) in [6.45, 7) is 6.15. The number of ether oxygens (including phenoxy) is 2. The van der Waals surface area contributed by atoms with Crippen LogP contribution in [0, 0.1) is 5.41 Å². The van der Waals surface area contributed by atoms with Gasteiger partial charge in [-0.25, -0.2) is 0 Å². The van der Waals surface area contributed by atoms with E-state index in [0.717, 1.165) is 31.3 Å². The molecule has 1 heterocycles. The zero-order chi connectivity index (χ0) is 18.0. The molecule has 0 aromatic heterocycles. The van der Waals surface area contributed by atoms with E-state index < -0.39 is 0 Å². The average molecular weight is 498 g/mol. The summed E-state index contributed by atoms with van der Waals surface area (Å²) in [7, 11) is 0. The molecule has 148 valence electrons. The molecule has 6 nitrogen and oxygen atoms in total. The van der Waals surface area contributed by atoms with Crippen LogP contribution in [0.3, 0.4) is 0 Å². The van der Waals surface area contributed by atoms with E-state index in [9.17, 15) is 5.11 Å². The molecule has 0 amide bonds. The fourth-order valence-electron chi connectivity index (χ4n) is 2.77. The van der Waals surface area contributed by atoms with E-state index in [2.05, 4.69) is 15.6 Å². The molecular formula is C18H29ClIN3O3. The highest BCUT2D eigenvalue weighted by Crippen LogP contribution is 2.32. The summed E-state index contributed by atoms with van der Waals surface area (Å²) in [5, 5.41) is 16.5. The molecule has 0 saturated carbocycles. The number of halogens is 2. The maximum absolute atomic E-state index is 9.30. The van der Waals surface area contributed by atoms with Gasteiger partial charge in [0.05, 0.1) is 19.7 Å². The van der Waals surface area contributed by atoms with Crippen LogP contribution in [0.25, 0.3) is 0 Å². The van der Waals surface area contributed by atoms with Crippen LogP contribution in [0.2, 0.25) is 5.02 Å². The molecule has 0 spiro atoms. The molecule has 1 aromatic rings. The molecule has 2 rings (SSSR count). The summed E-state index contributed by atoms with van der Waals surface area (Å²) >= 11 is 5.94. The molecule has 8 heteroatoms. The highest BCUT2D eigenvalue weighted by Gasteiger charge is 2.34. The number of aliphatic hydroxyl groups excluding tert-OH is 1. The topological polar surface area (TPSA) is 75.1 Å². The summed E-state index contributed by atoms with van der Waals surface area (Å²) in [6.07, 6.45) is 1.65. The summed E-state index contributed by atoms with van der Waals surface area (Å²) in [4.78, 5) is 4.67. The fourth-order valence-corrected chi connectivity index (χ4v) is 2.95. The first-order valence-electron chi connectivity index (χ1n) is 8.76. The van der Waals surface area contributed by atoms with E-state index >= 15 is 0 Å². The minimum atomic E-state index is -0.0472. The first-order chi connectivity index (χ1) is 12.2. The maximum Gasteiger partial charge on any atom is 0.191 e. The van der Waals surface area contributed by atoms with Crippen LogP contribution >= 0.6 is 35.6 Å². The van der Waals surface area contributed by atoms with Gasteiger partial charge in [0.15, 0.2) is 5.96 Å². The number of nitrogens with zero attached hydrogens (tertiary/aromatic N) is 1. The lowest BCUT2D eigenvalue weighted by atomic mass is 9.84. The van der Waals surface area contributed by atoms with Gasteiger partial charge in [-0.15, -0.1) is 24.0 Å². The Morgan fingerprint density at radius 3 is 2.92 bits per heavy atom. The van der Waals surface area contributed by atoms with Gasteiger partial charge in [0.2, 0.25) is 0 Å². The van der Waals surface area contributed by atoms with E-state index in [1.54, 1.807) is 6.07 Å². The lowest BCUT2D eigenvalue weighted by molar-refractivity contribution is 0.131. The second-order valence-electron chi connectivity index (χ2n) is 6.20. The number of benzene rings is 1. The van der Waals surface area contributed by atoms with Gasteiger partial charge in [-0.1, -0.05) is 17.7 Å². The first kappa shape index (κ1) is 23.3. The van der Waals surface area contributed by atoms with E-state index in [0.29, 0.717) is 37.7 Å². The lowest BCUT2D eigenvalue weighted by Crippen LogP contribution is -2.40. The lowest BCUT2D eigenvalue weighted by Gasteiger charge is -2.24. The predicted octanol–water partition coefficient (Wildman–Crippen LogP) is 2.68. The molecule has 1 unspecified atom stereocenters. The zero-order valence-corrected chi connectivity index (χ0v) is 18.3. The predicted molar refractivity (Wildman–Crippen MR) is 116 cm³/mol. The number of hydrogen-bond donors (Lipinski definition) is 3. The third-order valence-corrected chi connectivity index (χ3v) is 4.44. The smallest absolute Gasteiger partial charge is 0.191 e. The Hall–Kier alpha value is -0.770. The van der Waals surface area contributed by atoms with Gasteiger partial charge >= 0.3 is 0 Å². The van der Waals surface area contributed by atoms with Gasteiger partial charge in [-0.3, -0.25) is 4.99 Å². The third-order valence-electron chi connectivity index (χ3n) is 4.20. The Kier molecular flexibility index (Phi) is 11.3. The highest BCUT2D eigenvalue weighted by molar-refractivity contribution is 14.0. The van der Waals surface area contributed by atoms with Crippen LogP contribution in [0.15, 0.2) is 29.3 Å². The Bertz CT molecular complexity index is 554. The Labute approximate surface area is 177 Å². The Morgan fingerprint density at radius 2 is 2.27 bits per heavy atom. The number of nitrogens with one attached hydrogen (secondary N) is 2. The van der Waals surface area contributed by atoms with Gasteiger partial charge in [0.1, 0.15) is 12.4 Å². The molecule has 3 N–H and O–H groups in total. The molecule has 1 atom stereocenters. The van der Waals surface area contributed by atoms with Crippen molar-refractivity contribution in [1.29, 1.82) is 0 Å². The van der Waals surface area contributed by atoms with Gasteiger partial charge in [-0.2, -0.15) is 0 Å². The fraction of sp³-hybridized carbons (Fsp3) is 0.611. The Morgan fingerprint density at radius 1 is 1.42 bits per heavy atom. The molecule has 26 heavy (non-hydrogen) atoms. The average Bonchev–Trinajstić information content (AvgIpc) is 3.06.